The van der Waals surface area contributed by atoms with E-state index in [2.05, 4.69) is 46.0 Å². The first-order valence-electron chi connectivity index (χ1n) is 15.4. The molecule has 4 aliphatic carbocycles. The van der Waals surface area contributed by atoms with Crippen molar-refractivity contribution in [3.05, 3.63) is 23.0 Å². The highest BCUT2D eigenvalue weighted by Crippen LogP contribution is 2.71. The number of rotatable bonds is 7. The van der Waals surface area contributed by atoms with Crippen LogP contribution in [0.4, 0.5) is 0 Å². The zero-order valence-electron chi connectivity index (χ0n) is 25.0. The fourth-order valence-electron chi connectivity index (χ4n) is 9.96. The van der Waals surface area contributed by atoms with Gasteiger partial charge in [-0.2, -0.15) is 0 Å². The smallest absolute Gasteiger partial charge is 0.305 e. The monoisotopic (exact) mass is 525 g/mol. The maximum Gasteiger partial charge on any atom is 0.305 e. The Labute approximate surface area is 230 Å². The van der Waals surface area contributed by atoms with E-state index in [4.69, 9.17) is 9.47 Å². The van der Waals surface area contributed by atoms with Crippen LogP contribution < -0.4 is 5.32 Å². The summed E-state index contributed by atoms with van der Waals surface area (Å²) in [6.07, 6.45) is 13.1. The second kappa shape index (κ2) is 10.0. The molecule has 38 heavy (non-hydrogen) atoms. The summed E-state index contributed by atoms with van der Waals surface area (Å²) in [5.74, 6) is 4.30. The molecule has 1 heterocycles. The second-order valence-corrected chi connectivity index (χ2v) is 14.3. The molecule has 1 N–H and O–H groups in total. The number of amides is 1. The van der Waals surface area contributed by atoms with Gasteiger partial charge in [0.25, 0.3) is 0 Å². The van der Waals surface area contributed by atoms with Crippen LogP contribution in [-0.4, -0.2) is 30.1 Å². The van der Waals surface area contributed by atoms with E-state index in [0.29, 0.717) is 29.6 Å². The van der Waals surface area contributed by atoms with Gasteiger partial charge >= 0.3 is 5.97 Å². The van der Waals surface area contributed by atoms with Gasteiger partial charge in [-0.15, -0.1) is 0 Å². The van der Waals surface area contributed by atoms with Crippen LogP contribution in [0.15, 0.2) is 23.0 Å². The topological polar surface area (TPSA) is 64.6 Å². The third-order valence-electron chi connectivity index (χ3n) is 11.8. The molecule has 0 aromatic heterocycles. The summed E-state index contributed by atoms with van der Waals surface area (Å²) in [6.45, 7) is 16.3. The molecule has 3 fully saturated rings. The van der Waals surface area contributed by atoms with Crippen molar-refractivity contribution in [3.63, 3.8) is 0 Å². The highest BCUT2D eigenvalue weighted by Gasteiger charge is 2.67. The van der Waals surface area contributed by atoms with Crippen molar-refractivity contribution in [1.82, 2.24) is 5.32 Å². The van der Waals surface area contributed by atoms with Crippen molar-refractivity contribution in [1.29, 1.82) is 0 Å². The minimum Gasteiger partial charge on any atom is -0.491 e. The van der Waals surface area contributed by atoms with Crippen LogP contribution in [0.5, 0.6) is 0 Å². The number of hydrogen-bond acceptors (Lipinski definition) is 4. The van der Waals surface area contributed by atoms with Crippen LogP contribution in [-0.2, 0) is 19.1 Å². The van der Waals surface area contributed by atoms with Gasteiger partial charge in [0.1, 0.15) is 11.7 Å². The molecule has 9 atom stereocenters. The highest BCUT2D eigenvalue weighted by atomic mass is 16.5. The predicted octanol–water partition coefficient (Wildman–Crippen LogP) is 7.11. The largest absolute Gasteiger partial charge is 0.491 e. The lowest BCUT2D eigenvalue weighted by atomic mass is 9.47. The van der Waals surface area contributed by atoms with E-state index in [1.54, 1.807) is 12.5 Å². The minimum absolute atomic E-state index is 0.0486. The Hall–Kier alpha value is -1.78. The van der Waals surface area contributed by atoms with Crippen molar-refractivity contribution in [2.75, 3.05) is 6.54 Å². The Balaban J connectivity index is 1.31. The highest BCUT2D eigenvalue weighted by molar-refractivity contribution is 5.72. The molecule has 5 rings (SSSR count). The Kier molecular flexibility index (Phi) is 7.31. The average molecular weight is 526 g/mol. The van der Waals surface area contributed by atoms with Crippen LogP contribution in [0.1, 0.15) is 113 Å². The van der Waals surface area contributed by atoms with E-state index in [9.17, 15) is 9.59 Å². The molecule has 0 unspecified atom stereocenters. The molecular weight excluding hydrogens is 474 g/mol. The lowest BCUT2D eigenvalue weighted by Crippen LogP contribution is -2.50. The maximum absolute atomic E-state index is 11.9. The van der Waals surface area contributed by atoms with E-state index in [1.807, 2.05) is 6.92 Å². The second-order valence-electron chi connectivity index (χ2n) is 14.3. The summed E-state index contributed by atoms with van der Waals surface area (Å²) in [5, 5.41) is 2.96. The van der Waals surface area contributed by atoms with Gasteiger partial charge in [-0.25, -0.2) is 0 Å². The van der Waals surface area contributed by atoms with Crippen molar-refractivity contribution in [2.24, 2.45) is 40.4 Å². The molecule has 0 aromatic rings. The summed E-state index contributed by atoms with van der Waals surface area (Å²) in [7, 11) is 0. The molecule has 0 saturated heterocycles. The molecule has 0 aromatic carbocycles. The van der Waals surface area contributed by atoms with Gasteiger partial charge in [-0.1, -0.05) is 39.3 Å². The molecule has 5 heteroatoms. The lowest BCUT2D eigenvalue weighted by molar-refractivity contribution is -0.151. The van der Waals surface area contributed by atoms with Crippen LogP contribution in [0, 0.1) is 40.4 Å². The number of allylic oxidation sites excluding steroid dienone is 2. The van der Waals surface area contributed by atoms with Crippen molar-refractivity contribution in [3.8, 4) is 0 Å². The zero-order valence-corrected chi connectivity index (χ0v) is 25.0. The first kappa shape index (κ1) is 27.8. The third-order valence-corrected chi connectivity index (χ3v) is 11.8. The number of esters is 1. The molecule has 1 amide bonds. The quantitative estimate of drug-likeness (QED) is 0.284. The molecule has 1 aliphatic heterocycles. The molecular formula is C33H51NO4. The van der Waals surface area contributed by atoms with E-state index < -0.39 is 0 Å². The van der Waals surface area contributed by atoms with Crippen LogP contribution in [0.3, 0.4) is 0 Å². The van der Waals surface area contributed by atoms with Crippen molar-refractivity contribution >= 4 is 11.9 Å². The molecule has 212 valence electrons. The van der Waals surface area contributed by atoms with Gasteiger partial charge in [0.2, 0.25) is 5.91 Å². The van der Waals surface area contributed by atoms with Gasteiger partial charge in [0, 0.05) is 38.6 Å². The number of fused-ring (bicyclic) bond motifs is 7. The maximum atomic E-state index is 11.9. The normalized spacial score (nSPS) is 42.2. The summed E-state index contributed by atoms with van der Waals surface area (Å²) >= 11 is 0. The van der Waals surface area contributed by atoms with Crippen LogP contribution in [0.25, 0.3) is 0 Å². The van der Waals surface area contributed by atoms with E-state index in [1.165, 1.54) is 30.6 Å². The van der Waals surface area contributed by atoms with E-state index >= 15 is 0 Å². The van der Waals surface area contributed by atoms with Gasteiger partial charge in [-0.05, 0) is 98.9 Å². The molecule has 5 aliphatic rings. The number of carbonyl (C=O) groups is 2. The standard InChI is InChI=1S/C33H51NO4/c1-8-29(36)37-24-13-15-31(5)23(17-24)10-11-25-26(31)14-16-32(6)27(25)18-33(7)30(32)21(3)28(38-33)12-9-20(2)19-34-22(4)35/h10,20,24-27,30H,8-9,11-19H2,1-7H3,(H,34,35)/t20-,24-,25-,26+,27+,30-,31-,32-,33-/m0/s1. The Morgan fingerprint density at radius 3 is 2.66 bits per heavy atom. The number of ether oxygens (including phenoxy) is 2. The zero-order chi connectivity index (χ0) is 27.5. The molecule has 5 nitrogen and oxygen atoms in total. The summed E-state index contributed by atoms with van der Waals surface area (Å²) < 4.78 is 12.7. The van der Waals surface area contributed by atoms with Crippen molar-refractivity contribution in [2.45, 2.75) is 124 Å². The van der Waals surface area contributed by atoms with Crippen LogP contribution in [0.2, 0.25) is 0 Å². The predicted molar refractivity (Wildman–Crippen MR) is 150 cm³/mol. The van der Waals surface area contributed by atoms with E-state index in [-0.39, 0.29) is 29.0 Å². The number of hydrogen-bond donors (Lipinski definition) is 1. The SMILES string of the molecule is CCC(=O)O[C@H]1CC[C@@]2(C)C(=CC[C@@H]3[C@H]4C[C@]5(C)OC(CC[C@H](C)CNC(C)=O)=C(C)[C@H]5[C@@]4(C)CC[C@H]32)C1. The van der Waals surface area contributed by atoms with Crippen LogP contribution >= 0.6 is 0 Å². The van der Waals surface area contributed by atoms with Gasteiger partial charge in [0.15, 0.2) is 0 Å². The minimum atomic E-state index is -0.0918. The number of nitrogens with one attached hydrogen (secondary N) is 1. The van der Waals surface area contributed by atoms with Gasteiger partial charge in [-0.3, -0.25) is 9.59 Å². The number of carbonyl (C=O) groups excluding carboxylic acids is 2. The first-order valence-corrected chi connectivity index (χ1v) is 15.4. The average Bonchev–Trinajstić information content (AvgIpc) is 3.27. The fourth-order valence-corrected chi connectivity index (χ4v) is 9.96. The fraction of sp³-hybridized carbons (Fsp3) is 0.818. The summed E-state index contributed by atoms with van der Waals surface area (Å²) in [6, 6.07) is 0. The first-order chi connectivity index (χ1) is 17.9. The molecule has 3 saturated carbocycles. The summed E-state index contributed by atoms with van der Waals surface area (Å²) in [4.78, 5) is 23.2. The van der Waals surface area contributed by atoms with Gasteiger partial charge in [0.05, 0.1) is 5.76 Å². The molecule has 0 radical (unpaired) electrons. The van der Waals surface area contributed by atoms with Crippen molar-refractivity contribution < 1.29 is 19.1 Å². The Morgan fingerprint density at radius 1 is 1.18 bits per heavy atom. The summed E-state index contributed by atoms with van der Waals surface area (Å²) in [5.41, 5.74) is 3.51. The van der Waals surface area contributed by atoms with E-state index in [0.717, 1.165) is 56.9 Å². The lowest BCUT2D eigenvalue weighted by Gasteiger charge is -2.58. The molecule has 0 spiro atoms. The molecule has 0 bridgehead atoms. The Morgan fingerprint density at radius 2 is 1.95 bits per heavy atom. The third kappa shape index (κ3) is 4.54. The van der Waals surface area contributed by atoms with Gasteiger partial charge < -0.3 is 14.8 Å². The Bertz CT molecular complexity index is 1030.